The Morgan fingerprint density at radius 3 is 2.57 bits per heavy atom. The molecule has 0 amide bonds. The number of nitrogens with zero attached hydrogens (tertiary/aromatic N) is 1. The summed E-state index contributed by atoms with van der Waals surface area (Å²) in [6.07, 6.45) is 0.913. The maximum Gasteiger partial charge on any atom is 0.266 e. The van der Waals surface area contributed by atoms with E-state index in [-0.39, 0.29) is 0 Å². The molecule has 0 aliphatic rings. The molecule has 0 saturated carbocycles. The van der Waals surface area contributed by atoms with Gasteiger partial charge in [0.05, 0.1) is 0 Å². The molecule has 1 nitrogen and oxygen atoms in total. The third-order valence-corrected chi connectivity index (χ3v) is 0.668. The molecule has 0 unspecified atom stereocenters. The lowest BCUT2D eigenvalue weighted by Crippen LogP contribution is -1.75. The van der Waals surface area contributed by atoms with E-state index in [9.17, 15) is 0 Å². The highest BCUT2D eigenvalue weighted by atomic mass is 14.6. The minimum Gasteiger partial charge on any atom is -0.0999 e. The number of rotatable bonds is 2. The first-order valence-electron chi connectivity index (χ1n) is 2.28. The van der Waals surface area contributed by atoms with Crippen molar-refractivity contribution in [3.63, 3.8) is 0 Å². The highest BCUT2D eigenvalue weighted by Gasteiger charge is 1.87. The lowest BCUT2D eigenvalue weighted by molar-refractivity contribution is 1.06. The summed E-state index contributed by atoms with van der Waals surface area (Å²) >= 11 is 0. The zero-order valence-electron chi connectivity index (χ0n) is 4.65. The highest BCUT2D eigenvalue weighted by Crippen LogP contribution is 1.93. The fourth-order valence-corrected chi connectivity index (χ4v) is 0.255. The fourth-order valence-electron chi connectivity index (χ4n) is 0.255. The van der Waals surface area contributed by atoms with Crippen molar-refractivity contribution in [2.24, 2.45) is 0 Å². The number of hydrogen-bond acceptors (Lipinski definition) is 0. The van der Waals surface area contributed by atoms with Gasteiger partial charge >= 0.3 is 0 Å². The third-order valence-electron chi connectivity index (χ3n) is 0.668. The average Bonchev–Trinajstić information content (AvgIpc) is 1.61. The van der Waals surface area contributed by atoms with Gasteiger partial charge in [-0.15, -0.1) is 0 Å². The molecular formula is C6H10N+. The molecule has 0 radical (unpaired) electrons. The van der Waals surface area contributed by atoms with Crippen LogP contribution in [0.3, 0.4) is 0 Å². The van der Waals surface area contributed by atoms with Gasteiger partial charge < -0.3 is 0 Å². The first kappa shape index (κ1) is 6.23. The fraction of sp³-hybridized carbons (Fsp3) is 0.500. The van der Waals surface area contributed by atoms with Crippen LogP contribution in [0.2, 0.25) is 0 Å². The van der Waals surface area contributed by atoms with Crippen molar-refractivity contribution < 1.29 is 0 Å². The van der Waals surface area contributed by atoms with Crippen molar-refractivity contribution in [3.8, 4) is 6.57 Å². The summed E-state index contributed by atoms with van der Waals surface area (Å²) in [6.45, 7) is 11.2. The molecule has 0 fully saturated rings. The molecule has 38 valence electrons. The molecule has 0 rings (SSSR count). The molecule has 0 spiro atoms. The summed E-state index contributed by atoms with van der Waals surface area (Å²) in [5, 5.41) is 0. The Morgan fingerprint density at radius 2 is 2.43 bits per heavy atom. The topological polar surface area (TPSA) is 4.36 Å². The summed E-state index contributed by atoms with van der Waals surface area (Å²) in [5.74, 6) is 0. The molecule has 1 heteroatoms. The zero-order chi connectivity index (χ0) is 5.70. The standard InChI is InChI=1S/C6H10N/c1-6(2)4-5-7-3/h3H,1,4-5H2,2H3/q+1. The van der Waals surface area contributed by atoms with Gasteiger partial charge in [-0.3, -0.25) is 0 Å². The van der Waals surface area contributed by atoms with E-state index in [4.69, 9.17) is 6.57 Å². The molecule has 0 saturated heterocycles. The summed E-state index contributed by atoms with van der Waals surface area (Å²) < 4.78 is 0. The maximum atomic E-state index is 4.86. The monoisotopic (exact) mass is 96.1 g/mol. The Labute approximate surface area is 44.5 Å². The largest absolute Gasteiger partial charge is 0.266 e. The molecule has 0 aromatic heterocycles. The van der Waals surface area contributed by atoms with Crippen LogP contribution in [-0.4, -0.2) is 6.54 Å². The Kier molecular flexibility index (Phi) is 3.04. The van der Waals surface area contributed by atoms with Gasteiger partial charge in [0.1, 0.15) is 0 Å². The van der Waals surface area contributed by atoms with E-state index in [1.807, 2.05) is 6.92 Å². The Morgan fingerprint density at radius 1 is 1.86 bits per heavy atom. The van der Waals surface area contributed by atoms with E-state index in [0.717, 1.165) is 12.0 Å². The van der Waals surface area contributed by atoms with E-state index in [2.05, 4.69) is 11.4 Å². The molecule has 0 aromatic rings. The van der Waals surface area contributed by atoms with Crippen LogP contribution in [0.4, 0.5) is 0 Å². The van der Waals surface area contributed by atoms with Crippen molar-refractivity contribution in [2.45, 2.75) is 13.3 Å². The molecule has 7 heavy (non-hydrogen) atoms. The predicted octanol–water partition coefficient (Wildman–Crippen LogP) is 1.92. The normalized spacial score (nSPS) is 7.43. The van der Waals surface area contributed by atoms with E-state index < -0.39 is 0 Å². The van der Waals surface area contributed by atoms with Gasteiger partial charge in [-0.1, -0.05) is 17.0 Å². The van der Waals surface area contributed by atoms with Crippen molar-refractivity contribution in [3.05, 3.63) is 17.0 Å². The Hall–Kier alpha value is -0.770. The maximum absolute atomic E-state index is 4.86. The van der Waals surface area contributed by atoms with Crippen LogP contribution >= 0.6 is 0 Å². The van der Waals surface area contributed by atoms with Crippen LogP contribution in [0.25, 0.3) is 4.85 Å². The first-order chi connectivity index (χ1) is 3.27. The SMILES string of the molecule is C#[N+]CCC(=C)C. The van der Waals surface area contributed by atoms with Gasteiger partial charge in [-0.05, 0) is 6.92 Å². The van der Waals surface area contributed by atoms with E-state index in [0.29, 0.717) is 6.54 Å². The van der Waals surface area contributed by atoms with Crippen LogP contribution in [0, 0.1) is 6.57 Å². The van der Waals surface area contributed by atoms with Crippen molar-refractivity contribution in [1.29, 1.82) is 0 Å². The van der Waals surface area contributed by atoms with Gasteiger partial charge in [-0.25, -0.2) is 0 Å². The van der Waals surface area contributed by atoms with Crippen LogP contribution in [0.5, 0.6) is 0 Å². The van der Waals surface area contributed by atoms with E-state index >= 15 is 0 Å². The summed E-state index contributed by atoms with van der Waals surface area (Å²) in [6, 6.07) is 0. The quantitative estimate of drug-likeness (QED) is 0.462. The molecule has 0 aliphatic carbocycles. The van der Waals surface area contributed by atoms with Crippen molar-refractivity contribution in [2.75, 3.05) is 6.54 Å². The minimum atomic E-state index is 0.704. The van der Waals surface area contributed by atoms with E-state index in [1.54, 1.807) is 0 Å². The molecule has 0 N–H and O–H groups in total. The van der Waals surface area contributed by atoms with Crippen LogP contribution < -0.4 is 0 Å². The molecule has 0 aromatic carbocycles. The second-order valence-electron chi connectivity index (χ2n) is 1.61. The van der Waals surface area contributed by atoms with Gasteiger partial charge in [0.2, 0.25) is 0 Å². The second kappa shape index (κ2) is 3.42. The number of hydrogen-bond donors (Lipinski definition) is 0. The lowest BCUT2D eigenvalue weighted by Gasteiger charge is -1.80. The van der Waals surface area contributed by atoms with Crippen LogP contribution in [0.1, 0.15) is 13.3 Å². The molecule has 0 atom stereocenters. The van der Waals surface area contributed by atoms with Gasteiger partial charge in [0, 0.05) is 6.42 Å². The third kappa shape index (κ3) is 5.23. The molecule has 0 aliphatic heterocycles. The highest BCUT2D eigenvalue weighted by molar-refractivity contribution is 4.90. The van der Waals surface area contributed by atoms with Crippen LogP contribution in [-0.2, 0) is 0 Å². The average molecular weight is 96.2 g/mol. The zero-order valence-corrected chi connectivity index (χ0v) is 4.65. The summed E-state index contributed by atoms with van der Waals surface area (Å²) in [4.78, 5) is 3.42. The van der Waals surface area contributed by atoms with Crippen molar-refractivity contribution in [1.82, 2.24) is 0 Å². The molecular weight excluding hydrogens is 86.1 g/mol. The molecule has 0 heterocycles. The second-order valence-corrected chi connectivity index (χ2v) is 1.61. The summed E-state index contributed by atoms with van der Waals surface area (Å²) in [7, 11) is 0. The van der Waals surface area contributed by atoms with Gasteiger partial charge in [0.25, 0.3) is 13.1 Å². The Balaban J connectivity index is 3.02. The Bertz CT molecular complexity index is 97.2. The predicted molar refractivity (Wildman–Crippen MR) is 32.6 cm³/mol. The van der Waals surface area contributed by atoms with Gasteiger partial charge in [-0.2, -0.15) is 0 Å². The minimum absolute atomic E-state index is 0.704. The van der Waals surface area contributed by atoms with Crippen LogP contribution in [0.15, 0.2) is 12.2 Å². The van der Waals surface area contributed by atoms with Gasteiger partial charge in [0.15, 0.2) is 0 Å². The molecule has 0 bridgehead atoms. The summed E-state index contributed by atoms with van der Waals surface area (Å²) in [5.41, 5.74) is 1.13. The van der Waals surface area contributed by atoms with Crippen molar-refractivity contribution >= 4 is 0 Å². The lowest BCUT2D eigenvalue weighted by atomic mass is 10.2. The first-order valence-corrected chi connectivity index (χ1v) is 2.28. The van der Waals surface area contributed by atoms with E-state index in [1.165, 1.54) is 0 Å². The smallest absolute Gasteiger partial charge is 0.0999 e.